The molecule has 3 nitrogen and oxygen atoms in total. The molecule has 2 unspecified atom stereocenters. The minimum atomic E-state index is -0.879. The third kappa shape index (κ3) is 9.21. The van der Waals surface area contributed by atoms with Gasteiger partial charge in [-0.3, -0.25) is 0 Å². The molecule has 0 aliphatic carbocycles. The van der Waals surface area contributed by atoms with E-state index in [1.807, 2.05) is 7.11 Å². The van der Waals surface area contributed by atoms with Gasteiger partial charge in [-0.25, -0.2) is 4.79 Å². The Balaban J connectivity index is 0.000000621. The molecule has 1 aromatic rings. The van der Waals surface area contributed by atoms with Gasteiger partial charge in [-0.2, -0.15) is 0 Å². The molecule has 0 aliphatic heterocycles. The molecule has 1 aromatic carbocycles. The van der Waals surface area contributed by atoms with Crippen LogP contribution in [0.25, 0.3) is 0 Å². The van der Waals surface area contributed by atoms with Gasteiger partial charge in [0.2, 0.25) is 0 Å². The van der Waals surface area contributed by atoms with Crippen molar-refractivity contribution in [2.75, 3.05) is 7.11 Å². The summed E-state index contributed by atoms with van der Waals surface area (Å²) < 4.78 is 5.98. The SMILES string of the molecule is CCCCC(P)(CCCC)C(C)(CCCC)OC.O=C(O)c1ccccc1. The average Bonchev–Trinajstić information content (AvgIpc) is 2.69. The van der Waals surface area contributed by atoms with Crippen LogP contribution >= 0.6 is 9.24 Å². The fourth-order valence-electron chi connectivity index (χ4n) is 3.29. The fraction of sp³-hybridized carbons (Fsp3) is 0.696. The van der Waals surface area contributed by atoms with E-state index in [0.29, 0.717) is 5.56 Å². The zero-order chi connectivity index (χ0) is 20.8. The molecular formula is C23H41O3P. The molecule has 0 saturated heterocycles. The van der Waals surface area contributed by atoms with Crippen molar-refractivity contribution in [3.63, 3.8) is 0 Å². The summed E-state index contributed by atoms with van der Waals surface area (Å²) in [6.45, 7) is 9.14. The summed E-state index contributed by atoms with van der Waals surface area (Å²) in [6.07, 6.45) is 11.4. The van der Waals surface area contributed by atoms with Crippen molar-refractivity contribution in [1.29, 1.82) is 0 Å². The molecule has 1 N–H and O–H groups in total. The first-order valence-electron chi connectivity index (χ1n) is 10.4. The van der Waals surface area contributed by atoms with Crippen LogP contribution in [0.4, 0.5) is 0 Å². The van der Waals surface area contributed by atoms with Gasteiger partial charge in [0.25, 0.3) is 0 Å². The number of rotatable bonds is 12. The first-order valence-corrected chi connectivity index (χ1v) is 11.0. The van der Waals surface area contributed by atoms with E-state index in [9.17, 15) is 4.79 Å². The van der Waals surface area contributed by atoms with E-state index in [-0.39, 0.29) is 10.8 Å². The summed E-state index contributed by atoms with van der Waals surface area (Å²) in [7, 11) is 5.07. The number of methoxy groups -OCH3 is 1. The Kier molecular flexibility index (Phi) is 13.6. The predicted molar refractivity (Wildman–Crippen MR) is 120 cm³/mol. The highest BCUT2D eigenvalue weighted by Crippen LogP contribution is 2.45. The van der Waals surface area contributed by atoms with E-state index < -0.39 is 5.97 Å². The van der Waals surface area contributed by atoms with Gasteiger partial charge in [0.05, 0.1) is 11.2 Å². The van der Waals surface area contributed by atoms with Crippen molar-refractivity contribution in [2.45, 2.75) is 96.2 Å². The van der Waals surface area contributed by atoms with Gasteiger partial charge in [0, 0.05) is 12.3 Å². The lowest BCUT2D eigenvalue weighted by Crippen LogP contribution is -2.49. The molecule has 0 aromatic heterocycles. The quantitative estimate of drug-likeness (QED) is 0.388. The molecule has 0 aliphatic rings. The highest BCUT2D eigenvalue weighted by molar-refractivity contribution is 7.19. The summed E-state index contributed by atoms with van der Waals surface area (Å²) >= 11 is 0. The number of hydrogen-bond donors (Lipinski definition) is 1. The van der Waals surface area contributed by atoms with Crippen molar-refractivity contribution in [3.05, 3.63) is 35.9 Å². The normalized spacial score (nSPS) is 13.4. The smallest absolute Gasteiger partial charge is 0.335 e. The Morgan fingerprint density at radius 1 is 0.963 bits per heavy atom. The van der Waals surface area contributed by atoms with Crippen LogP contribution in [-0.4, -0.2) is 28.9 Å². The lowest BCUT2D eigenvalue weighted by Gasteiger charge is -2.46. The molecule has 1 rings (SSSR count). The monoisotopic (exact) mass is 396 g/mol. The number of ether oxygens (including phenoxy) is 1. The molecule has 0 radical (unpaired) electrons. The average molecular weight is 397 g/mol. The van der Waals surface area contributed by atoms with Gasteiger partial charge in [0.1, 0.15) is 0 Å². The first-order chi connectivity index (χ1) is 12.8. The summed E-state index contributed by atoms with van der Waals surface area (Å²) in [4.78, 5) is 10.2. The topological polar surface area (TPSA) is 46.5 Å². The van der Waals surface area contributed by atoms with Gasteiger partial charge < -0.3 is 9.84 Å². The third-order valence-electron chi connectivity index (χ3n) is 5.48. The van der Waals surface area contributed by atoms with Crippen LogP contribution < -0.4 is 0 Å². The predicted octanol–water partition coefficient (Wildman–Crippen LogP) is 6.96. The van der Waals surface area contributed by atoms with Crippen LogP contribution in [0.2, 0.25) is 0 Å². The second kappa shape index (κ2) is 14.1. The minimum absolute atomic E-state index is 0.0119. The lowest BCUT2D eigenvalue weighted by molar-refractivity contribution is -0.0425. The zero-order valence-electron chi connectivity index (χ0n) is 18.1. The molecule has 0 bridgehead atoms. The molecule has 0 spiro atoms. The second-order valence-electron chi connectivity index (χ2n) is 7.57. The zero-order valence-corrected chi connectivity index (χ0v) is 19.2. The minimum Gasteiger partial charge on any atom is -0.478 e. The highest BCUT2D eigenvalue weighted by Gasteiger charge is 2.43. The van der Waals surface area contributed by atoms with Gasteiger partial charge >= 0.3 is 5.97 Å². The van der Waals surface area contributed by atoms with Gasteiger partial charge in [-0.15, -0.1) is 9.24 Å². The Morgan fingerprint density at radius 3 is 1.74 bits per heavy atom. The van der Waals surface area contributed by atoms with E-state index in [1.54, 1.807) is 30.3 Å². The number of carbonyl (C=O) groups is 1. The third-order valence-corrected chi connectivity index (χ3v) is 6.67. The number of carboxylic acid groups (broad SMARTS) is 1. The molecule has 156 valence electrons. The summed E-state index contributed by atoms with van der Waals surface area (Å²) in [5.41, 5.74) is 0.343. The van der Waals surface area contributed by atoms with Crippen molar-refractivity contribution >= 4 is 15.2 Å². The van der Waals surface area contributed by atoms with Crippen LogP contribution in [0, 0.1) is 0 Å². The molecule has 27 heavy (non-hydrogen) atoms. The van der Waals surface area contributed by atoms with Gasteiger partial charge in [-0.1, -0.05) is 77.5 Å². The van der Waals surface area contributed by atoms with Gasteiger partial charge in [0.15, 0.2) is 0 Å². The van der Waals surface area contributed by atoms with Crippen LogP contribution in [0.3, 0.4) is 0 Å². The van der Waals surface area contributed by atoms with Crippen LogP contribution in [0.1, 0.15) is 95.8 Å². The number of aromatic carboxylic acids is 1. The summed E-state index contributed by atoms with van der Waals surface area (Å²) in [6, 6.07) is 8.30. The van der Waals surface area contributed by atoms with Crippen LogP contribution in [0.5, 0.6) is 0 Å². The van der Waals surface area contributed by atoms with Crippen LogP contribution in [-0.2, 0) is 4.74 Å². The van der Waals surface area contributed by atoms with E-state index in [2.05, 4.69) is 36.9 Å². The molecule has 2 atom stereocenters. The number of benzene rings is 1. The Morgan fingerprint density at radius 2 is 1.41 bits per heavy atom. The molecule has 0 fully saturated rings. The highest BCUT2D eigenvalue weighted by atomic mass is 31.0. The lowest BCUT2D eigenvalue weighted by atomic mass is 9.77. The first kappa shape index (κ1) is 26.1. The number of unbranched alkanes of at least 4 members (excludes halogenated alkanes) is 3. The molecule has 0 saturated carbocycles. The second-order valence-corrected chi connectivity index (χ2v) is 8.68. The Bertz CT molecular complexity index is 496. The van der Waals surface area contributed by atoms with Crippen molar-refractivity contribution in [2.24, 2.45) is 0 Å². The summed E-state index contributed by atoms with van der Waals surface area (Å²) in [5.74, 6) is -0.879. The molecular weight excluding hydrogens is 355 g/mol. The maximum atomic E-state index is 10.2. The van der Waals surface area contributed by atoms with Crippen molar-refractivity contribution in [1.82, 2.24) is 0 Å². The Hall–Kier alpha value is -0.920. The van der Waals surface area contributed by atoms with E-state index in [1.165, 1.54) is 57.8 Å². The van der Waals surface area contributed by atoms with Crippen molar-refractivity contribution < 1.29 is 14.6 Å². The molecule has 0 amide bonds. The van der Waals surface area contributed by atoms with E-state index in [0.717, 1.165) is 0 Å². The largest absolute Gasteiger partial charge is 0.478 e. The number of carboxylic acids is 1. The maximum absolute atomic E-state index is 10.2. The van der Waals surface area contributed by atoms with Crippen molar-refractivity contribution in [3.8, 4) is 0 Å². The van der Waals surface area contributed by atoms with Crippen LogP contribution in [0.15, 0.2) is 30.3 Å². The fourth-order valence-corrected chi connectivity index (χ4v) is 3.96. The maximum Gasteiger partial charge on any atom is 0.335 e. The summed E-state index contributed by atoms with van der Waals surface area (Å²) in [5, 5.41) is 8.64. The standard InChI is InChI=1S/C16H35OP.C7H6O2/c1-6-9-12-15(4,17-5)16(18,13-10-7-2)14-11-8-3;8-7(9)6-4-2-1-3-5-6/h6-14,18H2,1-5H3;1-5H,(H,8,9). The Labute approximate surface area is 169 Å². The van der Waals surface area contributed by atoms with E-state index in [4.69, 9.17) is 9.84 Å². The molecule has 0 heterocycles. The number of hydrogen-bond acceptors (Lipinski definition) is 2. The van der Waals surface area contributed by atoms with Gasteiger partial charge in [-0.05, 0) is 38.3 Å². The van der Waals surface area contributed by atoms with E-state index >= 15 is 0 Å². The molecule has 4 heteroatoms.